The van der Waals surface area contributed by atoms with E-state index >= 15 is 0 Å². The fraction of sp³-hybridized carbons (Fsp3) is 0. The van der Waals surface area contributed by atoms with Crippen molar-refractivity contribution in [3.63, 3.8) is 0 Å². The van der Waals surface area contributed by atoms with Crippen LogP contribution in [0, 0.1) is 0 Å². The number of hydrogen-bond acceptors (Lipinski definition) is 2. The first-order valence-corrected chi connectivity index (χ1v) is 3.95. The van der Waals surface area contributed by atoms with Crippen LogP contribution in [0.3, 0.4) is 0 Å². The summed E-state index contributed by atoms with van der Waals surface area (Å²) < 4.78 is 6.76. The Bertz CT molecular complexity index is 394. The van der Waals surface area contributed by atoms with Gasteiger partial charge >= 0.3 is 0 Å². The monoisotopic (exact) mass is 180 g/mol. The van der Waals surface area contributed by atoms with E-state index in [1.807, 2.05) is 6.07 Å². The zero-order valence-corrected chi connectivity index (χ0v) is 5.94. The Morgan fingerprint density at radius 3 is 3.00 bits per heavy atom. The number of fused-ring (bicyclic) bond motifs is 2. The molecule has 3 rings (SSSR count). The number of rotatable bonds is 0. The molecule has 1 aliphatic rings. The van der Waals surface area contributed by atoms with Crippen LogP contribution in [0.25, 0.3) is 10.1 Å². The van der Waals surface area contributed by atoms with Crippen molar-refractivity contribution in [2.24, 2.45) is 0 Å². The highest BCUT2D eigenvalue weighted by molar-refractivity contribution is 7.21. The first-order valence-electron chi connectivity index (χ1n) is 3.13. The third kappa shape index (κ3) is 0.814. The molecule has 0 fully saturated rings. The third-order valence-corrected chi connectivity index (χ3v) is 2.66. The molecule has 0 saturated carbocycles. The van der Waals surface area contributed by atoms with Crippen LogP contribution >= 0.6 is 11.3 Å². The summed E-state index contributed by atoms with van der Waals surface area (Å²) in [6.45, 7) is 0. The summed E-state index contributed by atoms with van der Waals surface area (Å²) in [5.74, 6) is 0.973. The summed E-state index contributed by atoms with van der Waals surface area (Å²) in [5, 5.41) is 2.31. The Balaban J connectivity index is 0.000000480. The van der Waals surface area contributed by atoms with Crippen LogP contribution in [0.5, 0.6) is 10.8 Å². The average Bonchev–Trinajstić information content (AvgIpc) is 2.11. The van der Waals surface area contributed by atoms with Gasteiger partial charge in [0.05, 0.1) is 0 Å². The van der Waals surface area contributed by atoms with Gasteiger partial charge in [-0.25, -0.2) is 0 Å². The molecule has 0 radical (unpaired) electrons. The van der Waals surface area contributed by atoms with Crippen molar-refractivity contribution in [1.82, 2.24) is 0 Å². The van der Waals surface area contributed by atoms with E-state index in [4.69, 9.17) is 4.74 Å². The van der Waals surface area contributed by atoms with E-state index in [9.17, 15) is 0 Å². The summed E-state index contributed by atoms with van der Waals surface area (Å²) >= 11 is 1.71. The molecule has 0 atom stereocenters. The smallest absolute Gasteiger partial charge is 0.182 e. The predicted molar refractivity (Wildman–Crippen MR) is 53.2 cm³/mol. The van der Waals surface area contributed by atoms with Crippen LogP contribution in [0.15, 0.2) is 24.3 Å². The van der Waals surface area contributed by atoms with Crippen molar-refractivity contribution in [1.29, 1.82) is 0 Å². The van der Waals surface area contributed by atoms with Crippen LogP contribution in [0.1, 0.15) is 0 Å². The van der Waals surface area contributed by atoms with Crippen molar-refractivity contribution >= 4 is 32.4 Å². The molecule has 11 heavy (non-hydrogen) atoms. The molecule has 0 spiro atoms. The van der Waals surface area contributed by atoms with Gasteiger partial charge in [-0.1, -0.05) is 11.3 Å². The second kappa shape index (κ2) is 2.09. The van der Waals surface area contributed by atoms with Crippen LogP contribution < -0.4 is 4.74 Å². The summed E-state index contributed by atoms with van der Waals surface area (Å²) in [6.07, 6.45) is 0. The standard InChI is InChI=1S/C8H4OS.H4Si/c1-2-6-4-7-5(1)3-8(9-6)10-7;/h1-4H;1H4. The highest BCUT2D eigenvalue weighted by Crippen LogP contribution is 2.41. The van der Waals surface area contributed by atoms with Crippen LogP contribution in [0.4, 0.5) is 0 Å². The maximum atomic E-state index is 5.42. The van der Waals surface area contributed by atoms with E-state index < -0.39 is 0 Å². The Labute approximate surface area is 72.6 Å². The lowest BCUT2D eigenvalue weighted by Crippen LogP contribution is -1.78. The minimum Gasteiger partial charge on any atom is -0.447 e. The van der Waals surface area contributed by atoms with Gasteiger partial charge in [0.15, 0.2) is 5.06 Å². The Morgan fingerprint density at radius 1 is 1.18 bits per heavy atom. The van der Waals surface area contributed by atoms with Gasteiger partial charge in [0.2, 0.25) is 0 Å². The molecule has 0 unspecified atom stereocenters. The molecule has 0 aliphatic carbocycles. The zero-order valence-electron chi connectivity index (χ0n) is 5.13. The lowest BCUT2D eigenvalue weighted by Gasteiger charge is -2.02. The predicted octanol–water partition coefficient (Wildman–Crippen LogP) is 1.56. The van der Waals surface area contributed by atoms with Crippen molar-refractivity contribution in [2.45, 2.75) is 0 Å². The molecule has 0 amide bonds. The van der Waals surface area contributed by atoms with Crippen LogP contribution in [-0.4, -0.2) is 11.0 Å². The minimum atomic E-state index is 0. The minimum absolute atomic E-state index is 0. The molecule has 2 heterocycles. The molecule has 0 saturated heterocycles. The SMILES string of the molecule is [SiH4].c1cc2cc3sc2cc1O3. The number of hydrogen-bond donors (Lipinski definition) is 0. The van der Waals surface area contributed by atoms with Gasteiger partial charge in [0.25, 0.3) is 0 Å². The average molecular weight is 180 g/mol. The molecule has 1 aromatic heterocycles. The molecule has 0 N–H and O–H groups in total. The normalized spacial score (nSPS) is 11.6. The number of thiophene rings is 1. The Morgan fingerprint density at radius 2 is 2.09 bits per heavy atom. The quantitative estimate of drug-likeness (QED) is 0.477. The van der Waals surface area contributed by atoms with Crippen molar-refractivity contribution in [3.05, 3.63) is 24.3 Å². The van der Waals surface area contributed by atoms with Crippen LogP contribution in [0.2, 0.25) is 0 Å². The van der Waals surface area contributed by atoms with E-state index in [1.165, 1.54) is 10.1 Å². The van der Waals surface area contributed by atoms with E-state index in [0.717, 1.165) is 10.8 Å². The second-order valence-corrected chi connectivity index (χ2v) is 3.41. The number of benzene rings is 1. The van der Waals surface area contributed by atoms with E-state index in [-0.39, 0.29) is 11.0 Å². The largest absolute Gasteiger partial charge is 0.447 e. The summed E-state index contributed by atoms with van der Waals surface area (Å²) in [4.78, 5) is 0. The molecule has 2 aromatic rings. The summed E-state index contributed by atoms with van der Waals surface area (Å²) in [5.41, 5.74) is 0. The first kappa shape index (κ1) is 6.88. The molecule has 1 aliphatic heterocycles. The van der Waals surface area contributed by atoms with Crippen LogP contribution in [-0.2, 0) is 0 Å². The maximum Gasteiger partial charge on any atom is 0.182 e. The molecular weight excluding hydrogens is 172 g/mol. The third-order valence-electron chi connectivity index (χ3n) is 1.69. The molecule has 3 heteroatoms. The Kier molecular flexibility index (Phi) is 1.31. The van der Waals surface area contributed by atoms with Gasteiger partial charge in [0, 0.05) is 10.8 Å². The van der Waals surface area contributed by atoms with E-state index in [0.29, 0.717) is 0 Å². The molecule has 1 nitrogen and oxygen atoms in total. The first-order chi connectivity index (χ1) is 4.92. The van der Waals surface area contributed by atoms with Crippen molar-refractivity contribution < 1.29 is 4.74 Å². The molecular formula is C8H8OSSi. The molecule has 3 bridgehead atoms. The van der Waals surface area contributed by atoms with Gasteiger partial charge in [-0.3, -0.25) is 0 Å². The van der Waals surface area contributed by atoms with Crippen molar-refractivity contribution in [3.8, 4) is 10.8 Å². The molecule has 1 aromatic carbocycles. The Hall–Kier alpha value is -0.803. The van der Waals surface area contributed by atoms with Gasteiger partial charge in [-0.2, -0.15) is 0 Å². The summed E-state index contributed by atoms with van der Waals surface area (Å²) in [7, 11) is 0. The fourth-order valence-corrected chi connectivity index (χ4v) is 2.18. The highest BCUT2D eigenvalue weighted by atomic mass is 32.1. The van der Waals surface area contributed by atoms with Gasteiger partial charge in [-0.15, -0.1) is 0 Å². The number of ether oxygens (including phenoxy) is 1. The fourth-order valence-electron chi connectivity index (χ4n) is 1.22. The van der Waals surface area contributed by atoms with E-state index in [2.05, 4.69) is 18.2 Å². The zero-order chi connectivity index (χ0) is 6.55. The maximum absolute atomic E-state index is 5.42. The second-order valence-electron chi connectivity index (χ2n) is 2.37. The summed E-state index contributed by atoms with van der Waals surface area (Å²) in [6, 6.07) is 8.25. The lowest BCUT2D eigenvalue weighted by molar-refractivity contribution is 0.498. The lowest BCUT2D eigenvalue weighted by atomic mass is 10.3. The van der Waals surface area contributed by atoms with E-state index in [1.54, 1.807) is 11.3 Å². The topological polar surface area (TPSA) is 9.23 Å². The van der Waals surface area contributed by atoms with Gasteiger partial charge in [0.1, 0.15) is 5.75 Å². The van der Waals surface area contributed by atoms with Gasteiger partial charge < -0.3 is 4.74 Å². The molecule has 56 valence electrons. The van der Waals surface area contributed by atoms with Crippen molar-refractivity contribution in [2.75, 3.05) is 0 Å². The highest BCUT2D eigenvalue weighted by Gasteiger charge is 2.10. The van der Waals surface area contributed by atoms with Gasteiger partial charge in [-0.05, 0) is 34.6 Å².